The molecule has 5 aromatic rings. The summed E-state index contributed by atoms with van der Waals surface area (Å²) in [5.41, 5.74) is 14.9. The molecular weight excluding hydrogens is 1000 g/mol. The van der Waals surface area contributed by atoms with Crippen LogP contribution < -0.4 is 0 Å². The molecule has 5 aromatic carbocycles. The van der Waals surface area contributed by atoms with Crippen molar-refractivity contribution in [1.82, 2.24) is 0 Å². The molecule has 0 saturated carbocycles. The van der Waals surface area contributed by atoms with E-state index in [1.807, 2.05) is 159 Å². The summed E-state index contributed by atoms with van der Waals surface area (Å²) >= 11 is 0. The van der Waals surface area contributed by atoms with Crippen LogP contribution in [0.3, 0.4) is 0 Å². The zero-order chi connectivity index (χ0) is 53.9. The van der Waals surface area contributed by atoms with Crippen molar-refractivity contribution < 1.29 is 66.7 Å². The Labute approximate surface area is 452 Å². The topological polar surface area (TPSA) is 200 Å². The predicted molar refractivity (Wildman–Crippen MR) is 286 cm³/mol. The Balaban J connectivity index is 1.10. The number of ether oxygens (including phenoxy) is 11. The molecule has 0 bridgehead atoms. The molecule has 0 aromatic heterocycles. The number of fused-ring (bicyclic) bond motifs is 1. The molecule has 412 valence electrons. The lowest BCUT2D eigenvalue weighted by atomic mass is 9.94. The van der Waals surface area contributed by atoms with Crippen LogP contribution in [0.5, 0.6) is 0 Å². The van der Waals surface area contributed by atoms with E-state index >= 15 is 0 Å². The minimum Gasteiger partial charge on any atom is -0.392 e. The van der Waals surface area contributed by atoms with Crippen LogP contribution in [-0.2, 0) is 83.0 Å². The second kappa shape index (κ2) is 26.4. The summed E-state index contributed by atoms with van der Waals surface area (Å²) in [6.07, 6.45) is -16.5. The zero-order valence-electron chi connectivity index (χ0n) is 44.5. The van der Waals surface area contributed by atoms with E-state index in [9.17, 15) is 15.7 Å². The highest BCUT2D eigenvalue weighted by Gasteiger charge is 2.57. The Morgan fingerprint density at radius 3 is 1.64 bits per heavy atom. The van der Waals surface area contributed by atoms with Gasteiger partial charge in [-0.1, -0.05) is 178 Å². The first-order valence-electron chi connectivity index (χ1n) is 26.5. The highest BCUT2D eigenvalue weighted by atomic mass is 28.4. The van der Waals surface area contributed by atoms with Gasteiger partial charge in [0.25, 0.3) is 0 Å². The normalized spacial score (nSPS) is 31.7. The van der Waals surface area contributed by atoms with Crippen LogP contribution >= 0.6 is 0 Å². The maximum Gasteiger partial charge on any atom is 0.195 e. The van der Waals surface area contributed by atoms with Crippen molar-refractivity contribution >= 4 is 8.32 Å². The van der Waals surface area contributed by atoms with Crippen LogP contribution in [0.1, 0.15) is 61.8 Å². The first-order chi connectivity index (χ1) is 37.3. The molecule has 77 heavy (non-hydrogen) atoms. The smallest absolute Gasteiger partial charge is 0.195 e. The number of benzene rings is 5. The fourth-order valence-electron chi connectivity index (χ4n) is 9.72. The molecule has 9 rings (SSSR count). The summed E-state index contributed by atoms with van der Waals surface area (Å²) in [6, 6.07) is 47.2. The first kappa shape index (κ1) is 56.8. The molecule has 16 atom stereocenters. The second-order valence-corrected chi connectivity index (χ2v) is 26.3. The van der Waals surface area contributed by atoms with Crippen LogP contribution in [0.25, 0.3) is 10.4 Å². The molecule has 0 amide bonds. The maximum atomic E-state index is 12.0. The van der Waals surface area contributed by atoms with Crippen molar-refractivity contribution in [2.75, 3.05) is 13.2 Å². The fraction of sp³-hybridized carbons (Fsp3) is 0.492. The van der Waals surface area contributed by atoms with Gasteiger partial charge in [0.2, 0.25) is 0 Å². The summed E-state index contributed by atoms with van der Waals surface area (Å²) in [5.74, 6) is 0. The zero-order valence-corrected chi connectivity index (χ0v) is 45.5. The van der Waals surface area contributed by atoms with Crippen molar-refractivity contribution in [1.29, 1.82) is 0 Å². The number of nitrogens with zero attached hydrogens (tertiary/aromatic N) is 3. The van der Waals surface area contributed by atoms with E-state index in [0.717, 1.165) is 27.8 Å². The van der Waals surface area contributed by atoms with Gasteiger partial charge < -0.3 is 66.7 Å². The van der Waals surface area contributed by atoms with Gasteiger partial charge in [-0.15, -0.1) is 0 Å². The summed E-state index contributed by atoms with van der Waals surface area (Å²) in [7, 11) is -2.73. The SMILES string of the molecule is C[C@@H]1O[C@@H](O[C@@H]2[C@@H](N=[N+]=[N-])[C@H](O[Si](C)(C)C(C)(C)C)O[C@H](COCc3ccccc3)[C@H]2O[C@@H]2O[C@@H]3COC(c4ccccc4)O[C@@H]3[C@H](O)[C@H]2O)[C@@H](OCc2ccccc2)[C@H](OCc2ccccc2)[C@@H]1OCc1ccccc1. The quantitative estimate of drug-likeness (QED) is 0.0305. The van der Waals surface area contributed by atoms with Gasteiger partial charge in [0.05, 0.1) is 45.7 Å². The fourth-order valence-corrected chi connectivity index (χ4v) is 10.8. The van der Waals surface area contributed by atoms with E-state index in [4.69, 9.17) is 56.5 Å². The van der Waals surface area contributed by atoms with Gasteiger partial charge in [0, 0.05) is 10.5 Å². The number of azide groups is 1. The molecule has 1 unspecified atom stereocenters. The van der Waals surface area contributed by atoms with E-state index in [-0.39, 0.29) is 44.7 Å². The van der Waals surface area contributed by atoms with Gasteiger partial charge in [0.15, 0.2) is 33.5 Å². The van der Waals surface area contributed by atoms with Crippen LogP contribution in [0.4, 0.5) is 0 Å². The van der Waals surface area contributed by atoms with Crippen molar-refractivity contribution in [3.63, 3.8) is 0 Å². The third-order valence-corrected chi connectivity index (χ3v) is 19.4. The van der Waals surface area contributed by atoms with Gasteiger partial charge >= 0.3 is 0 Å². The molecular formula is C59H73N3O14Si. The molecule has 0 radical (unpaired) electrons. The van der Waals surface area contributed by atoms with Gasteiger partial charge in [0.1, 0.15) is 67.1 Å². The third kappa shape index (κ3) is 14.3. The highest BCUT2D eigenvalue weighted by molar-refractivity contribution is 6.74. The minimum absolute atomic E-state index is 0.00841. The van der Waals surface area contributed by atoms with Crippen LogP contribution in [0, 0.1) is 0 Å². The van der Waals surface area contributed by atoms with E-state index in [2.05, 4.69) is 43.9 Å². The molecule has 0 aliphatic carbocycles. The van der Waals surface area contributed by atoms with Crippen LogP contribution in [0.2, 0.25) is 18.1 Å². The van der Waals surface area contributed by atoms with Crippen molar-refractivity contribution in [2.24, 2.45) is 5.11 Å². The molecule has 4 aliphatic heterocycles. The van der Waals surface area contributed by atoms with E-state index < -0.39 is 107 Å². The molecule has 2 N–H and O–H groups in total. The molecule has 4 aliphatic rings. The number of hydrogen-bond donors (Lipinski definition) is 2. The lowest BCUT2D eigenvalue weighted by molar-refractivity contribution is -0.391. The minimum atomic E-state index is -2.73. The molecule has 4 saturated heterocycles. The van der Waals surface area contributed by atoms with E-state index in [1.54, 1.807) is 0 Å². The number of aliphatic hydroxyl groups is 2. The monoisotopic (exact) mass is 1080 g/mol. The number of aliphatic hydroxyl groups excluding tert-OH is 2. The summed E-state index contributed by atoms with van der Waals surface area (Å²) < 4.78 is 81.3. The molecule has 18 heteroatoms. The highest BCUT2D eigenvalue weighted by Crippen LogP contribution is 2.43. The van der Waals surface area contributed by atoms with Gasteiger partial charge in [-0.25, -0.2) is 0 Å². The summed E-state index contributed by atoms with van der Waals surface area (Å²) in [5, 5.41) is 28.0. The Bertz CT molecular complexity index is 2600. The average molecular weight is 1080 g/mol. The summed E-state index contributed by atoms with van der Waals surface area (Å²) in [6.45, 7) is 13.1. The Morgan fingerprint density at radius 1 is 0.584 bits per heavy atom. The van der Waals surface area contributed by atoms with Gasteiger partial charge in [-0.05, 0) is 52.8 Å². The average Bonchev–Trinajstić information content (AvgIpc) is 3.43. The predicted octanol–water partition coefficient (Wildman–Crippen LogP) is 9.46. The molecule has 0 spiro atoms. The van der Waals surface area contributed by atoms with Gasteiger partial charge in [-0.2, -0.15) is 0 Å². The van der Waals surface area contributed by atoms with Crippen LogP contribution in [0.15, 0.2) is 157 Å². The molecule has 4 heterocycles. The third-order valence-electron chi connectivity index (χ3n) is 15.0. The lowest BCUT2D eigenvalue weighted by Crippen LogP contribution is -2.68. The largest absolute Gasteiger partial charge is 0.392 e. The van der Waals surface area contributed by atoms with Crippen molar-refractivity contribution in [2.45, 2.75) is 171 Å². The maximum absolute atomic E-state index is 12.0. The molecule has 17 nitrogen and oxygen atoms in total. The molecule has 4 fully saturated rings. The first-order valence-corrected chi connectivity index (χ1v) is 29.4. The number of rotatable bonds is 21. The Hall–Kier alpha value is -4.93. The second-order valence-electron chi connectivity index (χ2n) is 21.5. The van der Waals surface area contributed by atoms with Crippen molar-refractivity contribution in [3.8, 4) is 0 Å². The van der Waals surface area contributed by atoms with E-state index in [0.29, 0.717) is 0 Å². The standard InChI is InChI=1S/C59H73N3O14Si/c1-38-49(66-33-40-24-14-8-15-25-40)53(67-34-41-26-16-9-17-27-41)54(68-35-42-28-18-10-19-29-42)58(70-38)75-52-46(61-62-60)56(76-77(5,6)59(2,3)4)71-44(36-65-32-39-22-12-7-13-23-39)51(52)74-57-48(64)47(63)50-45(72-57)37-69-55(73-50)43-30-20-11-21-31-43/h7-31,38,44-58,63-64H,32-37H2,1-6H3/t38-,44+,45+,46+,47+,48+,49+,50-,51+,52+,53+,54-,55?,56-,57-,58-/m0/s1. The summed E-state index contributed by atoms with van der Waals surface area (Å²) in [4.78, 5) is 3.36. The van der Waals surface area contributed by atoms with Crippen molar-refractivity contribution in [3.05, 3.63) is 190 Å². The Kier molecular flexibility index (Phi) is 19.4. The number of hydrogen-bond acceptors (Lipinski definition) is 15. The van der Waals surface area contributed by atoms with Gasteiger partial charge in [-0.3, -0.25) is 0 Å². The van der Waals surface area contributed by atoms with Crippen LogP contribution in [-0.4, -0.2) is 124 Å². The lowest BCUT2D eigenvalue weighted by Gasteiger charge is -2.52. The van der Waals surface area contributed by atoms with E-state index in [1.165, 1.54) is 0 Å². The Morgan fingerprint density at radius 2 is 1.09 bits per heavy atom.